The van der Waals surface area contributed by atoms with E-state index in [1.165, 1.54) is 6.07 Å². The van der Waals surface area contributed by atoms with E-state index < -0.39 is 6.61 Å². The summed E-state index contributed by atoms with van der Waals surface area (Å²) >= 11 is 3.32. The van der Waals surface area contributed by atoms with Gasteiger partial charge in [-0.1, -0.05) is 15.9 Å². The van der Waals surface area contributed by atoms with E-state index in [1.54, 1.807) is 24.7 Å². The molecule has 0 aliphatic carbocycles. The number of hydrogen-bond acceptors (Lipinski definition) is 3. The summed E-state index contributed by atoms with van der Waals surface area (Å²) in [6.45, 7) is -1.81. The van der Waals surface area contributed by atoms with Crippen LogP contribution in [-0.4, -0.2) is 16.2 Å². The summed E-state index contributed by atoms with van der Waals surface area (Å²) in [7, 11) is 1.90. The topological polar surface area (TPSA) is 39.1 Å². The van der Waals surface area contributed by atoms with Crippen LogP contribution in [0.5, 0.6) is 5.75 Å². The highest BCUT2D eigenvalue weighted by atomic mass is 79.9. The number of hydrogen-bond donors (Lipinski definition) is 1. The maximum atomic E-state index is 12.3. The largest absolute Gasteiger partial charge is 0.434 e. The lowest BCUT2D eigenvalue weighted by atomic mass is 10.2. The first-order valence-corrected chi connectivity index (χ1v) is 6.74. The average molecular weight is 346 g/mol. The van der Waals surface area contributed by atoms with Gasteiger partial charge in [-0.05, 0) is 18.2 Å². The predicted molar refractivity (Wildman–Crippen MR) is 74.5 cm³/mol. The van der Waals surface area contributed by atoms with Gasteiger partial charge in [0.15, 0.2) is 0 Å². The molecular weight excluding hydrogens is 332 g/mol. The number of alkyl halides is 2. The van der Waals surface area contributed by atoms with Crippen molar-refractivity contribution in [3.8, 4) is 5.75 Å². The maximum absolute atomic E-state index is 12.3. The fourth-order valence-corrected chi connectivity index (χ4v) is 2.19. The molecule has 0 aliphatic rings. The molecule has 0 bridgehead atoms. The number of aryl methyl sites for hydroxylation is 1. The van der Waals surface area contributed by atoms with Gasteiger partial charge >= 0.3 is 6.61 Å². The lowest BCUT2D eigenvalue weighted by molar-refractivity contribution is -0.0505. The van der Waals surface area contributed by atoms with Crippen molar-refractivity contribution in [1.29, 1.82) is 0 Å². The van der Waals surface area contributed by atoms with Gasteiger partial charge in [0.25, 0.3) is 0 Å². The molecule has 1 heterocycles. The molecule has 0 fully saturated rings. The minimum atomic E-state index is -2.83. The van der Waals surface area contributed by atoms with Crippen molar-refractivity contribution >= 4 is 15.9 Å². The second-order valence-electron chi connectivity index (χ2n) is 4.23. The Bertz CT molecular complexity index is 574. The standard InChI is InChI=1S/C13H14BrF2N3O/c1-19-8-18-7-11(19)6-17-5-9-4-10(14)2-3-12(9)20-13(15)16/h2-4,7-8,13,17H,5-6H2,1H3. The molecule has 2 rings (SSSR count). The summed E-state index contributed by atoms with van der Waals surface area (Å²) in [6.07, 6.45) is 3.46. The first-order valence-electron chi connectivity index (χ1n) is 5.95. The second kappa shape index (κ2) is 6.81. The molecule has 0 radical (unpaired) electrons. The van der Waals surface area contributed by atoms with Gasteiger partial charge < -0.3 is 14.6 Å². The summed E-state index contributed by atoms with van der Waals surface area (Å²) in [6, 6.07) is 4.95. The van der Waals surface area contributed by atoms with Crippen LogP contribution in [0.25, 0.3) is 0 Å². The van der Waals surface area contributed by atoms with E-state index in [4.69, 9.17) is 0 Å². The quantitative estimate of drug-likeness (QED) is 0.874. The number of aromatic nitrogens is 2. The van der Waals surface area contributed by atoms with Crippen LogP contribution in [0.1, 0.15) is 11.3 Å². The summed E-state index contributed by atoms with van der Waals surface area (Å²) in [5.74, 6) is 0.181. The minimum Gasteiger partial charge on any atom is -0.434 e. The number of halogens is 3. The predicted octanol–water partition coefficient (Wildman–Crippen LogP) is 3.07. The van der Waals surface area contributed by atoms with Crippen LogP contribution in [0.15, 0.2) is 35.2 Å². The Hall–Kier alpha value is -1.47. The zero-order chi connectivity index (χ0) is 14.5. The zero-order valence-corrected chi connectivity index (χ0v) is 12.4. The van der Waals surface area contributed by atoms with Crippen molar-refractivity contribution < 1.29 is 13.5 Å². The zero-order valence-electron chi connectivity index (χ0n) is 10.8. The Labute approximate surface area is 123 Å². The molecule has 108 valence electrons. The summed E-state index contributed by atoms with van der Waals surface area (Å²) in [5.41, 5.74) is 1.68. The lowest BCUT2D eigenvalue weighted by Crippen LogP contribution is -2.16. The van der Waals surface area contributed by atoms with Crippen molar-refractivity contribution in [3.63, 3.8) is 0 Å². The highest BCUT2D eigenvalue weighted by Gasteiger charge is 2.10. The highest BCUT2D eigenvalue weighted by Crippen LogP contribution is 2.24. The Balaban J connectivity index is 2.01. The number of benzene rings is 1. The summed E-state index contributed by atoms with van der Waals surface area (Å²) in [5, 5.41) is 3.18. The molecule has 0 saturated carbocycles. The van der Waals surface area contributed by atoms with E-state index in [2.05, 4.69) is 31.0 Å². The molecule has 0 unspecified atom stereocenters. The fourth-order valence-electron chi connectivity index (χ4n) is 1.78. The van der Waals surface area contributed by atoms with E-state index >= 15 is 0 Å². The van der Waals surface area contributed by atoms with Gasteiger partial charge in [0, 0.05) is 36.4 Å². The molecular formula is C13H14BrF2N3O. The van der Waals surface area contributed by atoms with Crippen molar-refractivity contribution in [2.75, 3.05) is 0 Å². The van der Waals surface area contributed by atoms with Crippen molar-refractivity contribution in [2.24, 2.45) is 7.05 Å². The molecule has 0 saturated heterocycles. The summed E-state index contributed by atoms with van der Waals surface area (Å²) < 4.78 is 31.9. The number of nitrogens with one attached hydrogen (secondary N) is 1. The Morgan fingerprint density at radius 2 is 2.20 bits per heavy atom. The average Bonchev–Trinajstić information content (AvgIpc) is 2.78. The summed E-state index contributed by atoms with van der Waals surface area (Å²) in [4.78, 5) is 4.01. The Morgan fingerprint density at radius 3 is 2.85 bits per heavy atom. The van der Waals surface area contributed by atoms with E-state index in [0.29, 0.717) is 18.7 Å². The van der Waals surface area contributed by atoms with Gasteiger partial charge in [-0.3, -0.25) is 0 Å². The number of rotatable bonds is 6. The molecule has 7 heteroatoms. The second-order valence-corrected chi connectivity index (χ2v) is 5.15. The number of imidazole rings is 1. The normalized spacial score (nSPS) is 11.1. The highest BCUT2D eigenvalue weighted by molar-refractivity contribution is 9.10. The van der Waals surface area contributed by atoms with Crippen LogP contribution < -0.4 is 10.1 Å². The molecule has 2 aromatic rings. The smallest absolute Gasteiger partial charge is 0.387 e. The first-order chi connectivity index (χ1) is 9.56. The molecule has 0 atom stereocenters. The van der Waals surface area contributed by atoms with Gasteiger partial charge in [0.2, 0.25) is 0 Å². The van der Waals surface area contributed by atoms with Gasteiger partial charge in [-0.25, -0.2) is 4.98 Å². The van der Waals surface area contributed by atoms with E-state index in [9.17, 15) is 8.78 Å². The van der Waals surface area contributed by atoms with Crippen molar-refractivity contribution in [3.05, 3.63) is 46.5 Å². The molecule has 4 nitrogen and oxygen atoms in total. The fraction of sp³-hybridized carbons (Fsp3) is 0.308. The molecule has 0 aliphatic heterocycles. The van der Waals surface area contributed by atoms with E-state index in [1.807, 2.05) is 11.6 Å². The Morgan fingerprint density at radius 1 is 1.40 bits per heavy atom. The molecule has 0 spiro atoms. The molecule has 20 heavy (non-hydrogen) atoms. The SMILES string of the molecule is Cn1cncc1CNCc1cc(Br)ccc1OC(F)F. The van der Waals surface area contributed by atoms with E-state index in [-0.39, 0.29) is 5.75 Å². The molecule has 1 aromatic heterocycles. The van der Waals surface area contributed by atoms with Crippen LogP contribution in [0, 0.1) is 0 Å². The molecule has 1 N–H and O–H groups in total. The van der Waals surface area contributed by atoms with Crippen LogP contribution in [0.3, 0.4) is 0 Å². The van der Waals surface area contributed by atoms with Crippen molar-refractivity contribution in [1.82, 2.24) is 14.9 Å². The van der Waals surface area contributed by atoms with E-state index in [0.717, 1.165) is 10.2 Å². The van der Waals surface area contributed by atoms with Crippen LogP contribution in [0.2, 0.25) is 0 Å². The van der Waals surface area contributed by atoms with Crippen LogP contribution in [0.4, 0.5) is 8.78 Å². The first kappa shape index (κ1) is 14.9. The van der Waals surface area contributed by atoms with Gasteiger partial charge in [0.05, 0.1) is 12.0 Å². The molecule has 1 aromatic carbocycles. The van der Waals surface area contributed by atoms with Gasteiger partial charge in [-0.2, -0.15) is 8.78 Å². The number of nitrogens with zero attached hydrogens (tertiary/aromatic N) is 2. The third-order valence-corrected chi connectivity index (χ3v) is 3.27. The van der Waals surface area contributed by atoms with Gasteiger partial charge in [0.1, 0.15) is 5.75 Å². The van der Waals surface area contributed by atoms with Crippen LogP contribution in [-0.2, 0) is 20.1 Å². The lowest BCUT2D eigenvalue weighted by Gasteiger charge is -2.12. The van der Waals surface area contributed by atoms with Crippen molar-refractivity contribution in [2.45, 2.75) is 19.7 Å². The van der Waals surface area contributed by atoms with Gasteiger partial charge in [-0.15, -0.1) is 0 Å². The Kier molecular flexibility index (Phi) is 5.08. The number of ether oxygens (including phenoxy) is 1. The minimum absolute atomic E-state index is 0.181. The monoisotopic (exact) mass is 345 g/mol. The maximum Gasteiger partial charge on any atom is 0.387 e. The van der Waals surface area contributed by atoms with Crippen LogP contribution >= 0.6 is 15.9 Å². The third-order valence-electron chi connectivity index (χ3n) is 2.78. The third kappa shape index (κ3) is 4.01. The molecule has 0 amide bonds.